The van der Waals surface area contributed by atoms with E-state index in [-0.39, 0.29) is 11.7 Å². The van der Waals surface area contributed by atoms with Gasteiger partial charge in [0, 0.05) is 18.8 Å². The van der Waals surface area contributed by atoms with Crippen molar-refractivity contribution in [3.05, 3.63) is 53.9 Å². The number of pyridine rings is 1. The minimum atomic E-state index is -0.122. The molecule has 0 aliphatic rings. The van der Waals surface area contributed by atoms with Crippen LogP contribution in [0.25, 0.3) is 0 Å². The van der Waals surface area contributed by atoms with Crippen molar-refractivity contribution in [1.82, 2.24) is 4.98 Å². The summed E-state index contributed by atoms with van der Waals surface area (Å²) in [4.78, 5) is 15.8. The van der Waals surface area contributed by atoms with Crippen molar-refractivity contribution in [3.63, 3.8) is 0 Å². The van der Waals surface area contributed by atoms with Gasteiger partial charge in [0.25, 0.3) is 0 Å². The van der Waals surface area contributed by atoms with E-state index in [4.69, 9.17) is 0 Å². The Hall–Kier alpha value is -2.36. The van der Waals surface area contributed by atoms with E-state index in [2.05, 4.69) is 10.3 Å². The van der Waals surface area contributed by atoms with E-state index in [0.29, 0.717) is 18.5 Å². The third-order valence-corrected chi connectivity index (χ3v) is 2.79. The first-order chi connectivity index (χ1) is 9.15. The molecule has 1 aromatic heterocycles. The van der Waals surface area contributed by atoms with E-state index in [9.17, 15) is 9.90 Å². The molecule has 0 bridgehead atoms. The van der Waals surface area contributed by atoms with Gasteiger partial charge >= 0.3 is 0 Å². The Balaban J connectivity index is 1.91. The first-order valence-electron chi connectivity index (χ1n) is 6.13. The molecule has 0 radical (unpaired) electrons. The minimum Gasteiger partial charge on any atom is -0.506 e. The van der Waals surface area contributed by atoms with Crippen LogP contribution in [-0.4, -0.2) is 16.0 Å². The summed E-state index contributed by atoms with van der Waals surface area (Å²) in [6, 6.07) is 8.95. The molecule has 4 nitrogen and oxygen atoms in total. The largest absolute Gasteiger partial charge is 0.506 e. The molecule has 0 aliphatic heterocycles. The molecule has 0 fully saturated rings. The Labute approximate surface area is 112 Å². The van der Waals surface area contributed by atoms with Gasteiger partial charge in [-0.25, -0.2) is 0 Å². The number of carbonyl (C=O) groups excluding carboxylic acids is 1. The molecule has 1 amide bonds. The molecule has 98 valence electrons. The zero-order valence-corrected chi connectivity index (χ0v) is 10.8. The van der Waals surface area contributed by atoms with Crippen LogP contribution >= 0.6 is 0 Å². The Morgan fingerprint density at radius 2 is 2.21 bits per heavy atom. The average Bonchev–Trinajstić information content (AvgIpc) is 2.41. The van der Waals surface area contributed by atoms with Crippen molar-refractivity contribution in [2.45, 2.75) is 19.8 Å². The molecule has 2 rings (SSSR count). The highest BCUT2D eigenvalue weighted by atomic mass is 16.3. The lowest BCUT2D eigenvalue weighted by atomic mass is 10.1. The molecule has 0 unspecified atom stereocenters. The summed E-state index contributed by atoms with van der Waals surface area (Å²) in [6.45, 7) is 1.88. The number of carbonyl (C=O) groups is 1. The second kappa shape index (κ2) is 6.00. The van der Waals surface area contributed by atoms with Crippen LogP contribution in [0.15, 0.2) is 42.7 Å². The molecule has 0 saturated heterocycles. The Kier molecular flexibility index (Phi) is 4.13. The smallest absolute Gasteiger partial charge is 0.224 e. The minimum absolute atomic E-state index is 0.0923. The lowest BCUT2D eigenvalue weighted by molar-refractivity contribution is -0.116. The van der Waals surface area contributed by atoms with Crippen LogP contribution in [0, 0.1) is 6.92 Å². The molecule has 0 spiro atoms. The van der Waals surface area contributed by atoms with Crippen molar-refractivity contribution in [2.75, 3.05) is 5.32 Å². The number of benzene rings is 1. The van der Waals surface area contributed by atoms with Crippen molar-refractivity contribution in [1.29, 1.82) is 0 Å². The highest BCUT2D eigenvalue weighted by Crippen LogP contribution is 2.23. The van der Waals surface area contributed by atoms with Crippen molar-refractivity contribution in [3.8, 4) is 5.75 Å². The number of aryl methyl sites for hydroxylation is 2. The van der Waals surface area contributed by atoms with E-state index in [1.54, 1.807) is 24.5 Å². The number of hydrogen-bond acceptors (Lipinski definition) is 3. The number of phenolic OH excluding ortho intramolecular Hbond substituents is 1. The zero-order valence-electron chi connectivity index (χ0n) is 10.8. The second-order valence-electron chi connectivity index (χ2n) is 4.43. The summed E-state index contributed by atoms with van der Waals surface area (Å²) < 4.78 is 0. The molecule has 1 heterocycles. The van der Waals surface area contributed by atoms with E-state index in [1.807, 2.05) is 25.1 Å². The number of hydrogen-bond donors (Lipinski definition) is 2. The molecule has 2 aromatic rings. The standard InChI is InChI=1S/C15H16N2O2/c1-11-4-6-13(14(18)9-11)17-15(19)7-5-12-3-2-8-16-10-12/h2-4,6,8-10,18H,5,7H2,1H3,(H,17,19). The normalized spacial score (nSPS) is 10.2. The average molecular weight is 256 g/mol. The molecule has 0 saturated carbocycles. The number of aromatic hydroxyl groups is 1. The fourth-order valence-electron chi connectivity index (χ4n) is 1.76. The Morgan fingerprint density at radius 1 is 1.37 bits per heavy atom. The lowest BCUT2D eigenvalue weighted by Gasteiger charge is -2.07. The van der Waals surface area contributed by atoms with Gasteiger partial charge in [-0.2, -0.15) is 0 Å². The molecule has 0 aliphatic carbocycles. The topological polar surface area (TPSA) is 62.2 Å². The van der Waals surface area contributed by atoms with Gasteiger partial charge in [0.2, 0.25) is 5.91 Å². The van der Waals surface area contributed by atoms with E-state index >= 15 is 0 Å². The van der Waals surface area contributed by atoms with Gasteiger partial charge in [0.1, 0.15) is 5.75 Å². The number of rotatable bonds is 4. The predicted molar refractivity (Wildman–Crippen MR) is 74.0 cm³/mol. The molecular weight excluding hydrogens is 240 g/mol. The van der Waals surface area contributed by atoms with Crippen molar-refractivity contribution >= 4 is 11.6 Å². The second-order valence-corrected chi connectivity index (χ2v) is 4.43. The highest BCUT2D eigenvalue weighted by Gasteiger charge is 2.06. The van der Waals surface area contributed by atoms with Crippen LogP contribution in [0.5, 0.6) is 5.75 Å². The van der Waals surface area contributed by atoms with Gasteiger partial charge in [-0.3, -0.25) is 9.78 Å². The summed E-state index contributed by atoms with van der Waals surface area (Å²) in [5.74, 6) is -0.0299. The van der Waals surface area contributed by atoms with Crippen LogP contribution < -0.4 is 5.32 Å². The summed E-state index contributed by atoms with van der Waals surface area (Å²) in [5.41, 5.74) is 2.42. The van der Waals surface area contributed by atoms with Crippen LogP contribution in [0.4, 0.5) is 5.69 Å². The van der Waals surface area contributed by atoms with E-state index < -0.39 is 0 Å². The summed E-state index contributed by atoms with van der Waals surface area (Å²) in [6.07, 6.45) is 4.44. The summed E-state index contributed by atoms with van der Waals surface area (Å²) in [7, 11) is 0. The third-order valence-electron chi connectivity index (χ3n) is 2.79. The molecule has 19 heavy (non-hydrogen) atoms. The third kappa shape index (κ3) is 3.81. The molecule has 0 atom stereocenters. The van der Waals surface area contributed by atoms with Gasteiger partial charge in [-0.1, -0.05) is 12.1 Å². The molecule has 4 heteroatoms. The van der Waals surface area contributed by atoms with Crippen LogP contribution in [0.2, 0.25) is 0 Å². The maximum absolute atomic E-state index is 11.8. The van der Waals surface area contributed by atoms with Crippen LogP contribution in [-0.2, 0) is 11.2 Å². The van der Waals surface area contributed by atoms with Gasteiger partial charge in [-0.05, 0) is 42.7 Å². The number of aromatic nitrogens is 1. The van der Waals surface area contributed by atoms with Gasteiger partial charge in [-0.15, -0.1) is 0 Å². The number of amides is 1. The molecule has 2 N–H and O–H groups in total. The van der Waals surface area contributed by atoms with Gasteiger partial charge in [0.05, 0.1) is 5.69 Å². The SMILES string of the molecule is Cc1ccc(NC(=O)CCc2cccnc2)c(O)c1. The fraction of sp³-hybridized carbons (Fsp3) is 0.200. The monoisotopic (exact) mass is 256 g/mol. The first kappa shape index (κ1) is 13.1. The first-order valence-corrected chi connectivity index (χ1v) is 6.13. The molecular formula is C15H16N2O2. The number of nitrogens with zero attached hydrogens (tertiary/aromatic N) is 1. The maximum Gasteiger partial charge on any atom is 0.224 e. The Morgan fingerprint density at radius 3 is 2.89 bits per heavy atom. The molecule has 1 aromatic carbocycles. The maximum atomic E-state index is 11.8. The lowest BCUT2D eigenvalue weighted by Crippen LogP contribution is -2.12. The van der Waals surface area contributed by atoms with Gasteiger partial charge in [0.15, 0.2) is 0 Å². The number of phenols is 1. The summed E-state index contributed by atoms with van der Waals surface area (Å²) in [5, 5.41) is 12.4. The predicted octanol–water partition coefficient (Wildman–Crippen LogP) is 2.67. The number of anilines is 1. The Bertz CT molecular complexity index is 568. The van der Waals surface area contributed by atoms with Crippen LogP contribution in [0.1, 0.15) is 17.5 Å². The summed E-state index contributed by atoms with van der Waals surface area (Å²) >= 11 is 0. The van der Waals surface area contributed by atoms with Gasteiger partial charge < -0.3 is 10.4 Å². The van der Waals surface area contributed by atoms with Crippen molar-refractivity contribution in [2.24, 2.45) is 0 Å². The number of nitrogens with one attached hydrogen (secondary N) is 1. The fourth-order valence-corrected chi connectivity index (χ4v) is 1.76. The quantitative estimate of drug-likeness (QED) is 0.827. The van der Waals surface area contributed by atoms with E-state index in [0.717, 1.165) is 11.1 Å². The van der Waals surface area contributed by atoms with Crippen LogP contribution in [0.3, 0.4) is 0 Å². The van der Waals surface area contributed by atoms with Crippen molar-refractivity contribution < 1.29 is 9.90 Å². The highest BCUT2D eigenvalue weighted by molar-refractivity contribution is 5.92. The van der Waals surface area contributed by atoms with E-state index in [1.165, 1.54) is 0 Å². The zero-order chi connectivity index (χ0) is 13.7.